The van der Waals surface area contributed by atoms with Crippen molar-refractivity contribution in [1.82, 2.24) is 9.88 Å². The molecule has 174 valence electrons. The van der Waals surface area contributed by atoms with Crippen LogP contribution in [-0.2, 0) is 6.18 Å². The molecule has 5 nitrogen and oxygen atoms in total. The van der Waals surface area contributed by atoms with E-state index < -0.39 is 11.7 Å². The fraction of sp³-hybridized carbons (Fsp3) is 0.400. The van der Waals surface area contributed by atoms with Crippen LogP contribution in [0.25, 0.3) is 10.9 Å². The number of aromatic nitrogens is 1. The first kappa shape index (κ1) is 22.0. The first-order chi connectivity index (χ1) is 15.8. The van der Waals surface area contributed by atoms with E-state index >= 15 is 0 Å². The van der Waals surface area contributed by atoms with Gasteiger partial charge in [-0.25, -0.2) is 0 Å². The van der Waals surface area contributed by atoms with E-state index in [1.807, 2.05) is 37.3 Å². The Morgan fingerprint density at radius 1 is 1.18 bits per heavy atom. The molecule has 1 aromatic heterocycles. The smallest absolute Gasteiger partial charge is 0.416 e. The van der Waals surface area contributed by atoms with Crippen LogP contribution < -0.4 is 15.4 Å². The van der Waals surface area contributed by atoms with E-state index in [1.54, 1.807) is 6.07 Å². The first-order valence-corrected chi connectivity index (χ1v) is 11.4. The molecule has 3 heterocycles. The van der Waals surface area contributed by atoms with Gasteiger partial charge in [0.2, 0.25) is 0 Å². The molecule has 2 aliphatic rings. The van der Waals surface area contributed by atoms with Gasteiger partial charge in [0, 0.05) is 41.5 Å². The number of hydrogen-bond donors (Lipinski definition) is 2. The minimum atomic E-state index is -4.46. The fourth-order valence-corrected chi connectivity index (χ4v) is 5.01. The van der Waals surface area contributed by atoms with Crippen LogP contribution in [0.4, 0.5) is 24.5 Å². The number of likely N-dealkylation sites (tertiary alicyclic amines) is 1. The maximum absolute atomic E-state index is 13.6. The number of aryl methyl sites for hydroxylation is 1. The van der Waals surface area contributed by atoms with Crippen molar-refractivity contribution in [2.45, 2.75) is 38.0 Å². The molecule has 2 bridgehead atoms. The molecule has 2 fully saturated rings. The number of alkyl halides is 3. The Morgan fingerprint density at radius 2 is 2.03 bits per heavy atom. The Morgan fingerprint density at radius 3 is 2.79 bits per heavy atom. The summed E-state index contributed by atoms with van der Waals surface area (Å²) in [6.07, 6.45) is -2.43. The highest BCUT2D eigenvalue weighted by molar-refractivity contribution is 5.93. The van der Waals surface area contributed by atoms with E-state index in [2.05, 4.69) is 20.5 Å². The average Bonchev–Trinajstić information content (AvgIpc) is 3.39. The van der Waals surface area contributed by atoms with E-state index in [0.717, 1.165) is 54.8 Å². The Balaban J connectivity index is 1.32. The zero-order chi connectivity index (χ0) is 23.0. The molecule has 3 N–H and O–H groups in total. The van der Waals surface area contributed by atoms with Gasteiger partial charge in [-0.1, -0.05) is 18.2 Å². The van der Waals surface area contributed by atoms with E-state index in [-0.39, 0.29) is 5.75 Å². The van der Waals surface area contributed by atoms with Crippen LogP contribution in [0.15, 0.2) is 48.5 Å². The van der Waals surface area contributed by atoms with Crippen LogP contribution in [0.2, 0.25) is 0 Å². The van der Waals surface area contributed by atoms with Gasteiger partial charge in [-0.2, -0.15) is 13.2 Å². The third-order valence-electron chi connectivity index (χ3n) is 6.52. The van der Waals surface area contributed by atoms with Crippen molar-refractivity contribution in [2.75, 3.05) is 31.6 Å². The lowest BCUT2D eigenvalue weighted by molar-refractivity contribution is -0.677. The number of halogens is 3. The maximum atomic E-state index is 13.6. The normalized spacial score (nSPS) is 20.5. The van der Waals surface area contributed by atoms with Crippen molar-refractivity contribution in [1.29, 1.82) is 0 Å². The third kappa shape index (κ3) is 4.91. The summed E-state index contributed by atoms with van der Waals surface area (Å²) in [4.78, 5) is 6.97. The number of anilines is 2. The van der Waals surface area contributed by atoms with Gasteiger partial charge in [-0.15, -0.1) is 0 Å². The number of para-hydroxylation sites is 1. The molecule has 2 saturated heterocycles. The number of hydrogen-bond acceptors (Lipinski definition) is 4. The monoisotopic (exact) mass is 457 g/mol. The molecule has 0 spiro atoms. The van der Waals surface area contributed by atoms with Crippen LogP contribution in [-0.4, -0.2) is 48.2 Å². The summed E-state index contributed by atoms with van der Waals surface area (Å²) in [7, 11) is 0. The number of quaternary nitrogens is 1. The maximum Gasteiger partial charge on any atom is 0.416 e. The van der Waals surface area contributed by atoms with Crippen LogP contribution in [0.3, 0.4) is 0 Å². The highest BCUT2D eigenvalue weighted by Crippen LogP contribution is 2.36. The Labute approximate surface area is 190 Å². The van der Waals surface area contributed by atoms with Gasteiger partial charge in [0.25, 0.3) is 0 Å². The molecular formula is C25H28F3N4O+. The Bertz CT molecular complexity index is 1150. The van der Waals surface area contributed by atoms with Gasteiger partial charge in [0.15, 0.2) is 0 Å². The van der Waals surface area contributed by atoms with Gasteiger partial charge in [0.05, 0.1) is 36.8 Å². The number of rotatable bonds is 7. The van der Waals surface area contributed by atoms with Gasteiger partial charge in [-0.05, 0) is 37.6 Å². The zero-order valence-corrected chi connectivity index (χ0v) is 18.5. The molecule has 2 aliphatic heterocycles. The van der Waals surface area contributed by atoms with Crippen molar-refractivity contribution >= 4 is 22.3 Å². The van der Waals surface area contributed by atoms with Crippen molar-refractivity contribution in [3.8, 4) is 5.75 Å². The predicted octanol–water partition coefficient (Wildman–Crippen LogP) is 4.09. The van der Waals surface area contributed by atoms with Crippen LogP contribution in [0.5, 0.6) is 5.75 Å². The molecule has 2 unspecified atom stereocenters. The second-order valence-electron chi connectivity index (χ2n) is 9.02. The number of ether oxygens (including phenoxy) is 1. The van der Waals surface area contributed by atoms with Gasteiger partial charge in [-0.3, -0.25) is 9.88 Å². The van der Waals surface area contributed by atoms with E-state index in [1.165, 1.54) is 6.42 Å². The molecule has 5 rings (SSSR count). The van der Waals surface area contributed by atoms with Crippen molar-refractivity contribution in [2.24, 2.45) is 0 Å². The molecule has 33 heavy (non-hydrogen) atoms. The fourth-order valence-electron chi connectivity index (χ4n) is 5.01. The van der Waals surface area contributed by atoms with Crippen molar-refractivity contribution in [3.63, 3.8) is 0 Å². The molecule has 2 aromatic carbocycles. The minimum absolute atomic E-state index is 0.221. The second-order valence-corrected chi connectivity index (χ2v) is 9.02. The minimum Gasteiger partial charge on any atom is -0.493 e. The predicted molar refractivity (Wildman–Crippen MR) is 122 cm³/mol. The van der Waals surface area contributed by atoms with Crippen LogP contribution in [0.1, 0.15) is 24.1 Å². The summed E-state index contributed by atoms with van der Waals surface area (Å²) in [5.41, 5.74) is 1.89. The molecule has 3 aromatic rings. The number of nitrogens with zero attached hydrogens (tertiary/aromatic N) is 2. The summed E-state index contributed by atoms with van der Waals surface area (Å²) in [5.74, 6) is 0.221. The Hall–Kier alpha value is -2.84. The lowest BCUT2D eigenvalue weighted by Crippen LogP contribution is -2.90. The summed E-state index contributed by atoms with van der Waals surface area (Å²) in [6.45, 7) is 5.42. The lowest BCUT2D eigenvalue weighted by Gasteiger charge is -2.24. The SMILES string of the molecule is Cc1cc(Nc2cc(OCCCN3CC4CC3C[NH2+]4)cc(C(F)(F)F)c2)c2ccccc2n1. The summed E-state index contributed by atoms with van der Waals surface area (Å²) in [5, 5.41) is 6.41. The van der Waals surface area contributed by atoms with E-state index in [4.69, 9.17) is 4.74 Å². The largest absolute Gasteiger partial charge is 0.493 e. The second kappa shape index (κ2) is 8.83. The summed E-state index contributed by atoms with van der Waals surface area (Å²) < 4.78 is 46.5. The van der Waals surface area contributed by atoms with Crippen LogP contribution in [0, 0.1) is 6.92 Å². The molecule has 0 amide bonds. The summed E-state index contributed by atoms with van der Waals surface area (Å²) in [6, 6.07) is 14.6. The van der Waals surface area contributed by atoms with E-state index in [9.17, 15) is 13.2 Å². The molecule has 0 radical (unpaired) electrons. The van der Waals surface area contributed by atoms with Gasteiger partial charge < -0.3 is 15.4 Å². The zero-order valence-electron chi connectivity index (χ0n) is 18.5. The average molecular weight is 458 g/mol. The van der Waals surface area contributed by atoms with Crippen molar-refractivity contribution < 1.29 is 23.2 Å². The number of nitrogens with one attached hydrogen (secondary N) is 1. The quantitative estimate of drug-likeness (QED) is 0.525. The highest BCUT2D eigenvalue weighted by Gasteiger charge is 2.40. The van der Waals surface area contributed by atoms with Crippen LogP contribution >= 0.6 is 0 Å². The highest BCUT2D eigenvalue weighted by atomic mass is 19.4. The number of benzene rings is 2. The molecule has 8 heteroatoms. The standard InChI is InChI=1S/C25H27F3N4O/c1-16-9-24(22-5-2-3-6-23(22)30-16)31-18-10-17(25(26,27)28)11-21(13-18)33-8-4-7-32-15-19-12-20(32)14-29-19/h2-3,5-6,9-11,13,19-20,29H,4,7-8,12,14-15H2,1H3,(H,30,31)/p+1. The molecular weight excluding hydrogens is 429 g/mol. The van der Waals surface area contributed by atoms with Gasteiger partial charge >= 0.3 is 6.18 Å². The molecule has 2 atom stereocenters. The number of pyridine rings is 1. The van der Waals surface area contributed by atoms with E-state index in [0.29, 0.717) is 30.1 Å². The lowest BCUT2D eigenvalue weighted by atomic mass is 10.1. The number of fused-ring (bicyclic) bond motifs is 3. The number of nitrogens with two attached hydrogens (primary N) is 1. The van der Waals surface area contributed by atoms with Gasteiger partial charge in [0.1, 0.15) is 11.8 Å². The summed E-state index contributed by atoms with van der Waals surface area (Å²) >= 11 is 0. The molecule has 0 aliphatic carbocycles. The number of piperazine rings is 1. The molecule has 0 saturated carbocycles. The Kier molecular flexibility index (Phi) is 5.88. The first-order valence-electron chi connectivity index (χ1n) is 11.4. The van der Waals surface area contributed by atoms with Crippen molar-refractivity contribution in [3.05, 3.63) is 59.8 Å². The third-order valence-corrected chi connectivity index (χ3v) is 6.52. The topological polar surface area (TPSA) is 54.0 Å².